The highest BCUT2D eigenvalue weighted by Crippen LogP contribution is 2.30. The SMILES string of the molecule is COc1cc2ccccc2c(C)c1CCN. The van der Waals surface area contributed by atoms with Crippen LogP contribution < -0.4 is 10.5 Å². The maximum atomic E-state index is 5.64. The van der Waals surface area contributed by atoms with Crippen LogP contribution in [0.2, 0.25) is 0 Å². The Morgan fingerprint density at radius 1 is 1.25 bits per heavy atom. The number of nitrogens with two attached hydrogens (primary N) is 1. The molecule has 0 aromatic heterocycles. The zero-order valence-electron chi connectivity index (χ0n) is 9.79. The second kappa shape index (κ2) is 4.54. The topological polar surface area (TPSA) is 35.2 Å². The molecule has 16 heavy (non-hydrogen) atoms. The average molecular weight is 215 g/mol. The molecule has 2 aromatic rings. The smallest absolute Gasteiger partial charge is 0.123 e. The van der Waals surface area contributed by atoms with Gasteiger partial charge in [-0.05, 0) is 47.9 Å². The minimum Gasteiger partial charge on any atom is -0.496 e. The normalized spacial score (nSPS) is 10.7. The standard InChI is InChI=1S/C14H17NO/c1-10-12-6-4-3-5-11(12)9-14(16-2)13(10)7-8-15/h3-6,9H,7-8,15H2,1-2H3. The van der Waals surface area contributed by atoms with Gasteiger partial charge in [0, 0.05) is 0 Å². The molecule has 0 amide bonds. The third kappa shape index (κ3) is 1.76. The molecular weight excluding hydrogens is 198 g/mol. The molecule has 0 fully saturated rings. The van der Waals surface area contributed by atoms with Crippen LogP contribution in [-0.2, 0) is 6.42 Å². The van der Waals surface area contributed by atoms with E-state index in [9.17, 15) is 0 Å². The van der Waals surface area contributed by atoms with Crippen molar-refractivity contribution in [2.24, 2.45) is 5.73 Å². The Morgan fingerprint density at radius 2 is 2.00 bits per heavy atom. The summed E-state index contributed by atoms with van der Waals surface area (Å²) in [6.45, 7) is 2.78. The predicted molar refractivity (Wildman–Crippen MR) is 68.0 cm³/mol. The second-order valence-corrected chi connectivity index (χ2v) is 3.94. The van der Waals surface area contributed by atoms with Gasteiger partial charge < -0.3 is 10.5 Å². The van der Waals surface area contributed by atoms with E-state index in [4.69, 9.17) is 10.5 Å². The summed E-state index contributed by atoms with van der Waals surface area (Å²) in [6, 6.07) is 10.5. The van der Waals surface area contributed by atoms with Gasteiger partial charge in [0.25, 0.3) is 0 Å². The van der Waals surface area contributed by atoms with Crippen molar-refractivity contribution in [3.8, 4) is 5.75 Å². The summed E-state index contributed by atoms with van der Waals surface area (Å²) in [7, 11) is 1.71. The number of benzene rings is 2. The lowest BCUT2D eigenvalue weighted by atomic mass is 9.97. The van der Waals surface area contributed by atoms with Crippen LogP contribution in [0.25, 0.3) is 10.8 Å². The van der Waals surface area contributed by atoms with Gasteiger partial charge in [-0.3, -0.25) is 0 Å². The Hall–Kier alpha value is -1.54. The molecule has 2 aromatic carbocycles. The highest BCUT2D eigenvalue weighted by molar-refractivity contribution is 5.88. The van der Waals surface area contributed by atoms with Crippen LogP contribution in [0.5, 0.6) is 5.75 Å². The molecule has 0 saturated heterocycles. The van der Waals surface area contributed by atoms with Crippen LogP contribution in [0.1, 0.15) is 11.1 Å². The monoisotopic (exact) mass is 215 g/mol. The minimum absolute atomic E-state index is 0.648. The summed E-state index contributed by atoms with van der Waals surface area (Å²) in [5.41, 5.74) is 8.15. The van der Waals surface area contributed by atoms with Gasteiger partial charge in [-0.15, -0.1) is 0 Å². The molecule has 0 heterocycles. The summed E-state index contributed by atoms with van der Waals surface area (Å²) in [6.07, 6.45) is 0.861. The predicted octanol–water partition coefficient (Wildman–Crippen LogP) is 2.66. The first-order valence-corrected chi connectivity index (χ1v) is 5.53. The lowest BCUT2D eigenvalue weighted by Crippen LogP contribution is -2.06. The number of aryl methyl sites for hydroxylation is 1. The molecule has 0 radical (unpaired) electrons. The Bertz CT molecular complexity index is 505. The van der Waals surface area contributed by atoms with Gasteiger partial charge in [0.05, 0.1) is 7.11 Å². The Morgan fingerprint density at radius 3 is 2.69 bits per heavy atom. The molecule has 84 valence electrons. The summed E-state index contributed by atoms with van der Waals surface area (Å²) >= 11 is 0. The summed E-state index contributed by atoms with van der Waals surface area (Å²) in [5.74, 6) is 0.946. The van der Waals surface area contributed by atoms with Crippen molar-refractivity contribution in [1.82, 2.24) is 0 Å². The fraction of sp³-hybridized carbons (Fsp3) is 0.286. The number of hydrogen-bond acceptors (Lipinski definition) is 2. The van der Waals surface area contributed by atoms with E-state index in [1.54, 1.807) is 7.11 Å². The van der Waals surface area contributed by atoms with Crippen molar-refractivity contribution in [1.29, 1.82) is 0 Å². The third-order valence-corrected chi connectivity index (χ3v) is 3.02. The maximum absolute atomic E-state index is 5.64. The van der Waals surface area contributed by atoms with Crippen molar-refractivity contribution in [2.75, 3.05) is 13.7 Å². The molecule has 2 heteroatoms. The summed E-state index contributed by atoms with van der Waals surface area (Å²) < 4.78 is 5.43. The minimum atomic E-state index is 0.648. The Labute approximate surface area is 96.0 Å². The van der Waals surface area contributed by atoms with Crippen LogP contribution in [0.3, 0.4) is 0 Å². The fourth-order valence-electron chi connectivity index (χ4n) is 2.18. The zero-order valence-corrected chi connectivity index (χ0v) is 9.79. The van der Waals surface area contributed by atoms with Gasteiger partial charge in [0.15, 0.2) is 0 Å². The van der Waals surface area contributed by atoms with Gasteiger partial charge in [0.2, 0.25) is 0 Å². The Balaban J connectivity index is 2.71. The van der Waals surface area contributed by atoms with Crippen molar-refractivity contribution >= 4 is 10.8 Å². The lowest BCUT2D eigenvalue weighted by molar-refractivity contribution is 0.410. The molecule has 0 bridgehead atoms. The van der Waals surface area contributed by atoms with Gasteiger partial charge in [-0.25, -0.2) is 0 Å². The number of hydrogen-bond donors (Lipinski definition) is 1. The largest absolute Gasteiger partial charge is 0.496 e. The van der Waals surface area contributed by atoms with E-state index in [1.807, 2.05) is 6.07 Å². The van der Waals surface area contributed by atoms with Crippen molar-refractivity contribution in [3.05, 3.63) is 41.5 Å². The molecule has 0 aliphatic carbocycles. The lowest BCUT2D eigenvalue weighted by Gasteiger charge is -2.13. The molecule has 0 unspecified atom stereocenters. The second-order valence-electron chi connectivity index (χ2n) is 3.94. The summed E-state index contributed by atoms with van der Waals surface area (Å²) in [4.78, 5) is 0. The van der Waals surface area contributed by atoms with E-state index < -0.39 is 0 Å². The number of fused-ring (bicyclic) bond motifs is 1. The van der Waals surface area contributed by atoms with Crippen LogP contribution in [0.4, 0.5) is 0 Å². The first-order valence-electron chi connectivity index (χ1n) is 5.53. The van der Waals surface area contributed by atoms with E-state index in [2.05, 4.69) is 31.2 Å². The maximum Gasteiger partial charge on any atom is 0.123 e. The first kappa shape index (κ1) is 11.0. The number of methoxy groups -OCH3 is 1. The highest BCUT2D eigenvalue weighted by Gasteiger charge is 2.09. The van der Waals surface area contributed by atoms with Crippen molar-refractivity contribution < 1.29 is 4.74 Å². The fourth-order valence-corrected chi connectivity index (χ4v) is 2.18. The third-order valence-electron chi connectivity index (χ3n) is 3.02. The van der Waals surface area contributed by atoms with Crippen molar-refractivity contribution in [3.63, 3.8) is 0 Å². The van der Waals surface area contributed by atoms with Gasteiger partial charge in [0.1, 0.15) is 5.75 Å². The van der Waals surface area contributed by atoms with Gasteiger partial charge in [-0.2, -0.15) is 0 Å². The van der Waals surface area contributed by atoms with Crippen LogP contribution in [-0.4, -0.2) is 13.7 Å². The van der Waals surface area contributed by atoms with Gasteiger partial charge in [-0.1, -0.05) is 24.3 Å². The van der Waals surface area contributed by atoms with Gasteiger partial charge >= 0.3 is 0 Å². The highest BCUT2D eigenvalue weighted by atomic mass is 16.5. The molecule has 0 spiro atoms. The Kier molecular flexibility index (Phi) is 3.11. The molecule has 2 rings (SSSR count). The van der Waals surface area contributed by atoms with E-state index in [0.29, 0.717) is 6.54 Å². The quantitative estimate of drug-likeness (QED) is 0.854. The van der Waals surface area contributed by atoms with Crippen LogP contribution in [0.15, 0.2) is 30.3 Å². The summed E-state index contributed by atoms with van der Waals surface area (Å²) in [5, 5.41) is 2.50. The van der Waals surface area contributed by atoms with Crippen LogP contribution in [0, 0.1) is 6.92 Å². The van der Waals surface area contributed by atoms with Crippen molar-refractivity contribution in [2.45, 2.75) is 13.3 Å². The van der Waals surface area contributed by atoms with E-state index >= 15 is 0 Å². The first-order chi connectivity index (χ1) is 7.77. The van der Waals surface area contributed by atoms with Crippen LogP contribution >= 0.6 is 0 Å². The zero-order chi connectivity index (χ0) is 11.5. The molecule has 2 nitrogen and oxygen atoms in total. The molecule has 0 aliphatic heterocycles. The van der Waals surface area contributed by atoms with E-state index in [0.717, 1.165) is 12.2 Å². The molecule has 0 atom stereocenters. The average Bonchev–Trinajstić information content (AvgIpc) is 2.33. The van der Waals surface area contributed by atoms with E-state index in [1.165, 1.54) is 21.9 Å². The number of rotatable bonds is 3. The molecule has 0 saturated carbocycles. The number of ether oxygens (including phenoxy) is 1. The molecular formula is C14H17NO. The molecule has 0 aliphatic rings. The van der Waals surface area contributed by atoms with E-state index in [-0.39, 0.29) is 0 Å². The molecule has 2 N–H and O–H groups in total.